The number of nitrogens with zero attached hydrogens (tertiary/aromatic N) is 1. The summed E-state index contributed by atoms with van der Waals surface area (Å²) in [7, 11) is -16.7. The fourth-order valence-corrected chi connectivity index (χ4v) is 6.00. The molecule has 1 aliphatic heterocycles. The van der Waals surface area contributed by atoms with Gasteiger partial charge in [0.1, 0.15) is 18.3 Å². The minimum atomic E-state index is -5.71. The Hall–Kier alpha value is -1.28. The molecular weight excluding hydrogens is 499 g/mol. The molecule has 0 radical (unpaired) electrons. The predicted octanol–water partition coefficient (Wildman–Crippen LogP) is -0.0360. The van der Waals surface area contributed by atoms with Crippen LogP contribution in [0.4, 0.5) is 0 Å². The van der Waals surface area contributed by atoms with Gasteiger partial charge >= 0.3 is 23.5 Å². The quantitative estimate of drug-likeness (QED) is 0.253. The molecule has 178 valence electrons. The molecule has 6 atom stereocenters. The smallest absolute Gasteiger partial charge is 0.387 e. The van der Waals surface area contributed by atoms with E-state index in [-0.39, 0.29) is 0 Å². The van der Waals surface area contributed by atoms with E-state index in [4.69, 9.17) is 19.4 Å². The summed E-state index contributed by atoms with van der Waals surface area (Å²) in [6.07, 6.45) is -4.97. The Morgan fingerprint density at radius 2 is 1.59 bits per heavy atom. The molecule has 6 N–H and O–H groups in total. The summed E-state index contributed by atoms with van der Waals surface area (Å²) in [6.45, 7) is -0.985. The minimum absolute atomic E-state index is 0.303. The highest BCUT2D eigenvalue weighted by Gasteiger charge is 2.46. The number of phosphoric ester groups is 1. The molecule has 1 aromatic heterocycles. The SMILES string of the molecule is O=c1c2ccccc2ccn1[C@@H]1O[C@H](COP(=O)(O)OP(=O)(O)OP(=O)(O)O)[C@@H](O)[C@H]1O. The van der Waals surface area contributed by atoms with Gasteiger partial charge in [-0.2, -0.15) is 8.62 Å². The van der Waals surface area contributed by atoms with Crippen molar-refractivity contribution in [3.8, 4) is 0 Å². The number of pyridine rings is 1. The normalized spacial score (nSPS) is 27.8. The van der Waals surface area contributed by atoms with Crippen molar-refractivity contribution in [2.24, 2.45) is 0 Å². The van der Waals surface area contributed by atoms with Gasteiger partial charge in [0.25, 0.3) is 5.56 Å². The highest BCUT2D eigenvalue weighted by Crippen LogP contribution is 2.66. The average Bonchev–Trinajstić information content (AvgIpc) is 2.92. The first-order chi connectivity index (χ1) is 14.7. The summed E-state index contributed by atoms with van der Waals surface area (Å²) in [5, 5.41) is 21.4. The second-order valence-electron chi connectivity index (χ2n) is 6.55. The predicted molar refractivity (Wildman–Crippen MR) is 104 cm³/mol. The van der Waals surface area contributed by atoms with E-state index in [1.807, 2.05) is 0 Å². The van der Waals surface area contributed by atoms with Gasteiger partial charge in [-0.05, 0) is 17.5 Å². The molecule has 32 heavy (non-hydrogen) atoms. The maximum absolute atomic E-state index is 12.7. The van der Waals surface area contributed by atoms with Crippen LogP contribution in [0.15, 0.2) is 41.3 Å². The van der Waals surface area contributed by atoms with Crippen molar-refractivity contribution in [2.75, 3.05) is 6.61 Å². The topological polar surface area (TPSA) is 232 Å². The molecular formula is C14H18NO14P3. The number of hydrogen-bond acceptors (Lipinski definition) is 10. The van der Waals surface area contributed by atoms with E-state index in [1.54, 1.807) is 30.3 Å². The fourth-order valence-electron chi connectivity index (χ4n) is 2.97. The van der Waals surface area contributed by atoms with E-state index in [0.717, 1.165) is 4.57 Å². The number of rotatable bonds is 8. The molecule has 1 saturated heterocycles. The van der Waals surface area contributed by atoms with Gasteiger partial charge in [0.05, 0.1) is 6.61 Å². The van der Waals surface area contributed by atoms with E-state index in [0.29, 0.717) is 10.8 Å². The van der Waals surface area contributed by atoms with Crippen LogP contribution in [0.2, 0.25) is 0 Å². The second kappa shape index (κ2) is 9.16. The number of ether oxygens (including phenoxy) is 1. The summed E-state index contributed by atoms with van der Waals surface area (Å²) in [6, 6.07) is 8.14. The molecule has 1 aliphatic rings. The molecule has 2 unspecified atom stereocenters. The molecule has 18 heteroatoms. The molecule has 15 nitrogen and oxygen atoms in total. The van der Waals surface area contributed by atoms with E-state index in [2.05, 4.69) is 13.1 Å². The number of phosphoric acid groups is 3. The number of hydrogen-bond donors (Lipinski definition) is 6. The lowest BCUT2D eigenvalue weighted by atomic mass is 10.1. The van der Waals surface area contributed by atoms with Crippen molar-refractivity contribution in [3.63, 3.8) is 0 Å². The van der Waals surface area contributed by atoms with E-state index < -0.39 is 60.2 Å². The van der Waals surface area contributed by atoms with E-state index in [9.17, 15) is 33.6 Å². The number of benzene rings is 1. The Morgan fingerprint density at radius 1 is 0.938 bits per heavy atom. The fraction of sp³-hybridized carbons (Fsp3) is 0.357. The lowest BCUT2D eigenvalue weighted by molar-refractivity contribution is -0.0533. The van der Waals surface area contributed by atoms with Crippen molar-refractivity contribution >= 4 is 34.2 Å². The Labute approximate surface area is 178 Å². The molecule has 0 bridgehead atoms. The number of aliphatic hydroxyl groups excluding tert-OH is 2. The molecule has 2 heterocycles. The van der Waals surface area contributed by atoms with Gasteiger partial charge in [-0.15, -0.1) is 0 Å². The first kappa shape index (κ1) is 25.3. The van der Waals surface area contributed by atoms with Crippen LogP contribution in [0.3, 0.4) is 0 Å². The van der Waals surface area contributed by atoms with Crippen molar-refractivity contribution in [1.82, 2.24) is 4.57 Å². The van der Waals surface area contributed by atoms with Crippen LogP contribution >= 0.6 is 23.5 Å². The van der Waals surface area contributed by atoms with Gasteiger partial charge in [-0.3, -0.25) is 13.9 Å². The zero-order valence-corrected chi connectivity index (χ0v) is 18.4. The second-order valence-corrected chi connectivity index (χ2v) is 11.0. The van der Waals surface area contributed by atoms with Crippen molar-refractivity contribution in [2.45, 2.75) is 24.5 Å². The molecule has 0 saturated carbocycles. The lowest BCUT2D eigenvalue weighted by Gasteiger charge is -2.19. The summed E-state index contributed by atoms with van der Waals surface area (Å²) >= 11 is 0. The lowest BCUT2D eigenvalue weighted by Crippen LogP contribution is -2.35. The Kier molecular flexibility index (Phi) is 7.26. The van der Waals surface area contributed by atoms with Crippen LogP contribution < -0.4 is 5.56 Å². The van der Waals surface area contributed by atoms with Crippen LogP contribution in [-0.2, 0) is 31.6 Å². The monoisotopic (exact) mass is 517 g/mol. The van der Waals surface area contributed by atoms with Gasteiger partial charge < -0.3 is 34.5 Å². The molecule has 0 amide bonds. The maximum atomic E-state index is 12.7. The molecule has 1 aromatic carbocycles. The third kappa shape index (κ3) is 5.99. The van der Waals surface area contributed by atoms with Crippen LogP contribution in [0.25, 0.3) is 10.8 Å². The molecule has 0 aliphatic carbocycles. The van der Waals surface area contributed by atoms with Crippen molar-refractivity contribution in [1.29, 1.82) is 0 Å². The highest BCUT2D eigenvalue weighted by molar-refractivity contribution is 7.66. The first-order valence-corrected chi connectivity index (χ1v) is 13.1. The molecule has 1 fully saturated rings. The third-order valence-electron chi connectivity index (χ3n) is 4.27. The van der Waals surface area contributed by atoms with Crippen LogP contribution in [0, 0.1) is 0 Å². The van der Waals surface area contributed by atoms with Gasteiger partial charge in [-0.25, -0.2) is 13.7 Å². The zero-order chi connectivity index (χ0) is 23.9. The largest absolute Gasteiger partial charge is 0.490 e. The Morgan fingerprint density at radius 3 is 2.25 bits per heavy atom. The van der Waals surface area contributed by atoms with E-state index in [1.165, 1.54) is 6.20 Å². The molecule has 0 spiro atoms. The maximum Gasteiger partial charge on any atom is 0.490 e. The Balaban J connectivity index is 1.71. The first-order valence-electron chi connectivity index (χ1n) is 8.59. The zero-order valence-electron chi connectivity index (χ0n) is 15.7. The van der Waals surface area contributed by atoms with Gasteiger partial charge in [0.15, 0.2) is 6.23 Å². The van der Waals surface area contributed by atoms with E-state index >= 15 is 0 Å². The van der Waals surface area contributed by atoms with Gasteiger partial charge in [-0.1, -0.05) is 18.2 Å². The number of aliphatic hydroxyl groups is 2. The average molecular weight is 517 g/mol. The summed E-state index contributed by atoms with van der Waals surface area (Å²) in [4.78, 5) is 48.3. The van der Waals surface area contributed by atoms with Gasteiger partial charge in [0.2, 0.25) is 0 Å². The van der Waals surface area contributed by atoms with Crippen molar-refractivity contribution in [3.05, 3.63) is 46.9 Å². The van der Waals surface area contributed by atoms with Crippen LogP contribution in [0.5, 0.6) is 0 Å². The number of fused-ring (bicyclic) bond motifs is 1. The van der Waals surface area contributed by atoms with Gasteiger partial charge in [0, 0.05) is 11.6 Å². The standard InChI is InChI=1S/C14H18NO14P3/c16-11-10(7-26-31(22,23)29-32(24,25)28-30(19,20)21)27-14(12(11)17)15-6-5-8-3-1-2-4-9(8)13(15)18/h1-6,10-12,14,16-17H,7H2,(H,22,23)(H,24,25)(H2,19,20,21)/t10-,11-,12-,14-/m1/s1. The van der Waals surface area contributed by atoms with Crippen LogP contribution in [-0.4, -0.2) is 59.3 Å². The van der Waals surface area contributed by atoms with Crippen LogP contribution in [0.1, 0.15) is 6.23 Å². The number of aromatic nitrogens is 1. The Bertz CT molecular complexity index is 1190. The summed E-state index contributed by atoms with van der Waals surface area (Å²) in [5.74, 6) is 0. The highest BCUT2D eigenvalue weighted by atomic mass is 31.3. The third-order valence-corrected chi connectivity index (χ3v) is 8.07. The summed E-state index contributed by atoms with van der Waals surface area (Å²) < 4.78 is 51.7. The summed E-state index contributed by atoms with van der Waals surface area (Å²) in [5.41, 5.74) is -0.548. The van der Waals surface area contributed by atoms with Crippen molar-refractivity contribution < 1.29 is 61.4 Å². The minimum Gasteiger partial charge on any atom is -0.387 e. The molecule has 2 aromatic rings. The molecule has 3 rings (SSSR count).